The van der Waals surface area contributed by atoms with E-state index >= 15 is 0 Å². The van der Waals surface area contributed by atoms with Gasteiger partial charge in [0.15, 0.2) is 0 Å². The highest BCUT2D eigenvalue weighted by atomic mass is 19.1. The van der Waals surface area contributed by atoms with Crippen molar-refractivity contribution in [2.45, 2.75) is 26.3 Å². The van der Waals surface area contributed by atoms with Gasteiger partial charge in [0.1, 0.15) is 11.6 Å². The van der Waals surface area contributed by atoms with Gasteiger partial charge in [-0.25, -0.2) is 9.37 Å². The summed E-state index contributed by atoms with van der Waals surface area (Å²) >= 11 is 0. The van der Waals surface area contributed by atoms with E-state index in [1.54, 1.807) is 35.2 Å². The van der Waals surface area contributed by atoms with Crippen LogP contribution in [0.2, 0.25) is 0 Å². The zero-order valence-electron chi connectivity index (χ0n) is 22.3. The van der Waals surface area contributed by atoms with Crippen LogP contribution >= 0.6 is 0 Å². The lowest BCUT2D eigenvalue weighted by Gasteiger charge is -2.31. The fourth-order valence-electron chi connectivity index (χ4n) is 4.47. The second-order valence-electron chi connectivity index (χ2n) is 9.59. The Morgan fingerprint density at radius 1 is 1.00 bits per heavy atom. The molecule has 1 aromatic heterocycles. The first kappa shape index (κ1) is 26.9. The van der Waals surface area contributed by atoms with E-state index in [-0.39, 0.29) is 17.9 Å². The Bertz CT molecular complexity index is 1490. The van der Waals surface area contributed by atoms with Crippen LogP contribution in [0.4, 0.5) is 4.39 Å². The molecule has 38 heavy (non-hydrogen) atoms. The highest BCUT2D eigenvalue weighted by Crippen LogP contribution is 2.24. The van der Waals surface area contributed by atoms with Gasteiger partial charge in [-0.2, -0.15) is 0 Å². The highest BCUT2D eigenvalue weighted by Gasteiger charge is 2.27. The van der Waals surface area contributed by atoms with Crippen molar-refractivity contribution in [1.29, 1.82) is 0 Å². The minimum Gasteiger partial charge on any atom is -0.331 e. The highest BCUT2D eigenvalue weighted by molar-refractivity contribution is 5.80. The molecule has 4 rings (SSSR count). The van der Waals surface area contributed by atoms with Crippen molar-refractivity contribution in [2.24, 2.45) is 0 Å². The summed E-state index contributed by atoms with van der Waals surface area (Å²) in [5, 5.41) is 0.458. The molecule has 0 fully saturated rings. The summed E-state index contributed by atoms with van der Waals surface area (Å²) in [6.45, 7) is 4.95. The molecule has 7 heteroatoms. The van der Waals surface area contributed by atoms with Crippen LogP contribution in [0.1, 0.15) is 36.8 Å². The van der Waals surface area contributed by atoms with Crippen molar-refractivity contribution in [2.75, 3.05) is 27.2 Å². The van der Waals surface area contributed by atoms with E-state index in [9.17, 15) is 14.0 Å². The Labute approximate surface area is 222 Å². The van der Waals surface area contributed by atoms with Crippen molar-refractivity contribution in [3.8, 4) is 5.69 Å². The van der Waals surface area contributed by atoms with Gasteiger partial charge in [-0.05, 0) is 75.5 Å². The summed E-state index contributed by atoms with van der Waals surface area (Å²) in [6.07, 6.45) is 4.21. The molecule has 0 aliphatic heterocycles. The number of carbonyl (C=O) groups is 1. The fraction of sp³-hybridized carbons (Fsp3) is 0.258. The summed E-state index contributed by atoms with van der Waals surface area (Å²) in [4.78, 5) is 36.1. The van der Waals surface area contributed by atoms with Crippen LogP contribution in [-0.2, 0) is 11.2 Å². The number of nitrogens with zero attached hydrogens (tertiary/aromatic N) is 4. The molecule has 3 aromatic carbocycles. The number of aromatic nitrogens is 2. The third kappa shape index (κ3) is 6.06. The lowest BCUT2D eigenvalue weighted by atomic mass is 10.1. The van der Waals surface area contributed by atoms with E-state index in [0.717, 1.165) is 11.1 Å². The maximum Gasteiger partial charge on any atom is 0.266 e. The molecule has 0 saturated heterocycles. The van der Waals surface area contributed by atoms with Gasteiger partial charge in [0.05, 0.1) is 29.1 Å². The summed E-state index contributed by atoms with van der Waals surface area (Å²) < 4.78 is 15.2. The number of hydrogen-bond donors (Lipinski definition) is 0. The molecular formula is C31H33FN4O2. The van der Waals surface area contributed by atoms with Crippen molar-refractivity contribution in [3.05, 3.63) is 112 Å². The summed E-state index contributed by atoms with van der Waals surface area (Å²) in [5.41, 5.74) is 2.77. The largest absolute Gasteiger partial charge is 0.331 e. The number of fused-ring (bicyclic) bond motifs is 1. The van der Waals surface area contributed by atoms with E-state index in [2.05, 4.69) is 0 Å². The normalized spacial score (nSPS) is 12.4. The summed E-state index contributed by atoms with van der Waals surface area (Å²) in [5.74, 6) is -0.0320. The molecule has 1 heterocycles. The fourth-order valence-corrected chi connectivity index (χ4v) is 4.47. The lowest BCUT2D eigenvalue weighted by molar-refractivity contribution is -0.133. The Hall–Kier alpha value is -4.10. The van der Waals surface area contributed by atoms with Crippen molar-refractivity contribution < 1.29 is 9.18 Å². The van der Waals surface area contributed by atoms with Crippen LogP contribution < -0.4 is 5.56 Å². The average Bonchev–Trinajstić information content (AvgIpc) is 2.90. The third-order valence-electron chi connectivity index (χ3n) is 6.53. The average molecular weight is 513 g/mol. The Morgan fingerprint density at radius 2 is 1.68 bits per heavy atom. The molecule has 1 atom stereocenters. The standard InChI is InChI=1S/C31H33FN4O2/c1-5-8-23-11-13-24(14-12-23)21-29(37)35(20-19-34(3)4)22(2)30-33-28-10-7-6-9-27(28)31(38)36(30)26-17-15-25(32)16-18-26/h5-18,22H,19-21H2,1-4H3/b8-5+. The molecule has 0 aliphatic rings. The molecular weight excluding hydrogens is 479 g/mol. The first-order chi connectivity index (χ1) is 18.3. The smallest absolute Gasteiger partial charge is 0.266 e. The van der Waals surface area contributed by atoms with Gasteiger partial charge in [0.2, 0.25) is 5.91 Å². The van der Waals surface area contributed by atoms with Crippen LogP contribution in [0.15, 0.2) is 83.7 Å². The van der Waals surface area contributed by atoms with Crippen LogP contribution in [0, 0.1) is 5.82 Å². The summed E-state index contributed by atoms with van der Waals surface area (Å²) in [6, 6.07) is 20.3. The van der Waals surface area contributed by atoms with E-state index in [0.29, 0.717) is 35.5 Å². The van der Waals surface area contributed by atoms with E-state index in [1.165, 1.54) is 16.7 Å². The second-order valence-corrected chi connectivity index (χ2v) is 9.59. The molecule has 0 radical (unpaired) electrons. The van der Waals surface area contributed by atoms with Gasteiger partial charge >= 0.3 is 0 Å². The van der Waals surface area contributed by atoms with Crippen LogP contribution in [-0.4, -0.2) is 52.4 Å². The molecule has 4 aromatic rings. The predicted octanol–water partition coefficient (Wildman–Crippen LogP) is 5.25. The van der Waals surface area contributed by atoms with Crippen LogP contribution in [0.25, 0.3) is 22.7 Å². The van der Waals surface area contributed by atoms with Crippen molar-refractivity contribution in [1.82, 2.24) is 19.4 Å². The van der Waals surface area contributed by atoms with E-state index < -0.39 is 11.9 Å². The van der Waals surface area contributed by atoms with Crippen LogP contribution in [0.5, 0.6) is 0 Å². The number of para-hydroxylation sites is 1. The van der Waals surface area contributed by atoms with Gasteiger partial charge in [-0.15, -0.1) is 0 Å². The Balaban J connectivity index is 1.78. The Morgan fingerprint density at radius 3 is 2.34 bits per heavy atom. The zero-order chi connectivity index (χ0) is 27.2. The molecule has 196 valence electrons. The van der Waals surface area contributed by atoms with E-state index in [1.807, 2.05) is 75.3 Å². The van der Waals surface area contributed by atoms with Gasteiger partial charge in [0.25, 0.3) is 5.56 Å². The predicted molar refractivity (Wildman–Crippen MR) is 151 cm³/mol. The molecule has 1 unspecified atom stereocenters. The monoisotopic (exact) mass is 512 g/mol. The molecule has 0 spiro atoms. The number of hydrogen-bond acceptors (Lipinski definition) is 4. The van der Waals surface area contributed by atoms with Crippen molar-refractivity contribution >= 4 is 22.9 Å². The number of carbonyl (C=O) groups excluding carboxylic acids is 1. The van der Waals surface area contributed by atoms with Gasteiger partial charge in [-0.1, -0.05) is 48.6 Å². The Kier molecular flexibility index (Phi) is 8.48. The number of likely N-dealkylation sites (N-methyl/N-ethyl adjacent to an activating group) is 1. The number of benzene rings is 3. The number of allylic oxidation sites excluding steroid dienone is 1. The molecule has 0 N–H and O–H groups in total. The SMILES string of the molecule is C/C=C/c1ccc(CC(=O)N(CCN(C)C)C(C)c2nc3ccccc3c(=O)n2-c2ccc(F)cc2)cc1. The third-order valence-corrected chi connectivity index (χ3v) is 6.53. The minimum absolute atomic E-state index is 0.0637. The molecule has 0 aliphatic carbocycles. The summed E-state index contributed by atoms with van der Waals surface area (Å²) in [7, 11) is 3.91. The minimum atomic E-state index is -0.521. The van der Waals surface area contributed by atoms with Crippen molar-refractivity contribution in [3.63, 3.8) is 0 Å². The number of halogens is 1. The van der Waals surface area contributed by atoms with Gasteiger partial charge in [0, 0.05) is 13.1 Å². The maximum atomic E-state index is 13.7. The van der Waals surface area contributed by atoms with Gasteiger partial charge < -0.3 is 9.80 Å². The van der Waals surface area contributed by atoms with Gasteiger partial charge in [-0.3, -0.25) is 14.2 Å². The second kappa shape index (κ2) is 12.0. The quantitative estimate of drug-likeness (QED) is 0.307. The molecule has 0 bridgehead atoms. The zero-order valence-corrected chi connectivity index (χ0v) is 22.3. The maximum absolute atomic E-state index is 13.7. The van der Waals surface area contributed by atoms with Crippen LogP contribution in [0.3, 0.4) is 0 Å². The molecule has 1 amide bonds. The number of amides is 1. The first-order valence-corrected chi connectivity index (χ1v) is 12.7. The number of rotatable bonds is 9. The molecule has 6 nitrogen and oxygen atoms in total. The topological polar surface area (TPSA) is 58.4 Å². The first-order valence-electron chi connectivity index (χ1n) is 12.7. The van der Waals surface area contributed by atoms with E-state index in [4.69, 9.17) is 4.98 Å². The molecule has 0 saturated carbocycles. The lowest BCUT2D eigenvalue weighted by Crippen LogP contribution is -2.41.